The predicted octanol–water partition coefficient (Wildman–Crippen LogP) is 1.74. The summed E-state index contributed by atoms with van der Waals surface area (Å²) in [5, 5.41) is 16.5. The molecule has 2 aliphatic rings. The second kappa shape index (κ2) is 9.23. The smallest absolute Gasteiger partial charge is 0.239 e. The molecular formula is C24H34N8O. The molecule has 2 aromatic heterocycles. The minimum atomic E-state index is -0.507. The molecule has 1 amide bonds. The molecule has 3 N–H and O–H groups in total. The SMILES string of the molecule is Cc1cc(CC(N)C(=O)N2CCC(N3CCC(c4nncn4C)CC3)CC2)cc2cn[nH]c12. The van der Waals surface area contributed by atoms with Crippen LogP contribution in [-0.2, 0) is 18.3 Å². The second-order valence-corrected chi connectivity index (χ2v) is 9.72. The van der Waals surface area contributed by atoms with Crippen molar-refractivity contribution in [2.45, 2.75) is 57.0 Å². The van der Waals surface area contributed by atoms with E-state index < -0.39 is 6.04 Å². The quantitative estimate of drug-likeness (QED) is 0.613. The molecule has 1 unspecified atom stereocenters. The zero-order chi connectivity index (χ0) is 22.9. The Balaban J connectivity index is 1.11. The highest BCUT2D eigenvalue weighted by molar-refractivity contribution is 5.84. The molecule has 9 nitrogen and oxygen atoms in total. The molecule has 2 aliphatic heterocycles. The Kier molecular flexibility index (Phi) is 6.16. The lowest BCUT2D eigenvalue weighted by molar-refractivity contribution is -0.134. The summed E-state index contributed by atoms with van der Waals surface area (Å²) < 4.78 is 2.04. The maximum Gasteiger partial charge on any atom is 0.239 e. The summed E-state index contributed by atoms with van der Waals surface area (Å²) in [6, 6.07) is 4.23. The molecule has 3 aromatic rings. The number of carbonyl (C=O) groups excluding carboxylic acids is 1. The van der Waals surface area contributed by atoms with Crippen molar-refractivity contribution in [1.82, 2.24) is 34.8 Å². The van der Waals surface area contributed by atoms with Crippen LogP contribution in [0.3, 0.4) is 0 Å². The number of nitrogens with zero attached hydrogens (tertiary/aromatic N) is 6. The summed E-state index contributed by atoms with van der Waals surface area (Å²) in [6.45, 7) is 5.82. The monoisotopic (exact) mass is 450 g/mol. The number of aromatic amines is 1. The number of amides is 1. The fourth-order valence-corrected chi connectivity index (χ4v) is 5.64. The molecule has 2 fully saturated rings. The molecule has 2 saturated heterocycles. The zero-order valence-corrected chi connectivity index (χ0v) is 19.6. The van der Waals surface area contributed by atoms with Gasteiger partial charge in [0.25, 0.3) is 0 Å². The van der Waals surface area contributed by atoms with Crippen molar-refractivity contribution in [2.75, 3.05) is 26.2 Å². The van der Waals surface area contributed by atoms with E-state index in [2.05, 4.69) is 44.4 Å². The number of hydrogen-bond donors (Lipinski definition) is 2. The van der Waals surface area contributed by atoms with Crippen LogP contribution in [-0.4, -0.2) is 78.9 Å². The highest BCUT2D eigenvalue weighted by Gasteiger charge is 2.32. The Hall–Kier alpha value is -2.78. The van der Waals surface area contributed by atoms with Crippen LogP contribution in [0.4, 0.5) is 0 Å². The van der Waals surface area contributed by atoms with E-state index in [-0.39, 0.29) is 5.91 Å². The molecule has 0 aliphatic carbocycles. The van der Waals surface area contributed by atoms with Crippen LogP contribution >= 0.6 is 0 Å². The van der Waals surface area contributed by atoms with E-state index in [9.17, 15) is 4.79 Å². The number of nitrogens with two attached hydrogens (primary N) is 1. The van der Waals surface area contributed by atoms with Crippen LogP contribution in [0.25, 0.3) is 10.9 Å². The van der Waals surface area contributed by atoms with Gasteiger partial charge in [-0.2, -0.15) is 5.10 Å². The number of hydrogen-bond acceptors (Lipinski definition) is 6. The number of carbonyl (C=O) groups is 1. The van der Waals surface area contributed by atoms with Crippen LogP contribution in [0.1, 0.15) is 48.6 Å². The summed E-state index contributed by atoms with van der Waals surface area (Å²) >= 11 is 0. The summed E-state index contributed by atoms with van der Waals surface area (Å²) in [6.07, 6.45) is 8.45. The average molecular weight is 451 g/mol. The van der Waals surface area contributed by atoms with Crippen LogP contribution in [0, 0.1) is 6.92 Å². The maximum atomic E-state index is 13.0. The number of nitrogens with one attached hydrogen (secondary N) is 1. The number of likely N-dealkylation sites (tertiary alicyclic amines) is 2. The van der Waals surface area contributed by atoms with E-state index >= 15 is 0 Å². The Labute approximate surface area is 194 Å². The number of rotatable bonds is 5. The average Bonchev–Trinajstić information content (AvgIpc) is 3.48. The Bertz CT molecular complexity index is 1100. The third kappa shape index (κ3) is 4.52. The van der Waals surface area contributed by atoms with E-state index in [4.69, 9.17) is 5.73 Å². The van der Waals surface area contributed by atoms with Crippen LogP contribution in [0.15, 0.2) is 24.7 Å². The Morgan fingerprint density at radius 3 is 2.64 bits per heavy atom. The Morgan fingerprint density at radius 2 is 1.94 bits per heavy atom. The third-order valence-corrected chi connectivity index (χ3v) is 7.51. The minimum absolute atomic E-state index is 0.0689. The third-order valence-electron chi connectivity index (χ3n) is 7.51. The number of fused-ring (bicyclic) bond motifs is 1. The lowest BCUT2D eigenvalue weighted by Gasteiger charge is -2.42. The number of aryl methyl sites for hydroxylation is 2. The Morgan fingerprint density at radius 1 is 1.18 bits per heavy atom. The van der Waals surface area contributed by atoms with Gasteiger partial charge in [0.05, 0.1) is 17.8 Å². The first kappa shape index (κ1) is 22.0. The zero-order valence-electron chi connectivity index (χ0n) is 19.6. The first-order chi connectivity index (χ1) is 16.0. The molecule has 0 spiro atoms. The molecule has 1 aromatic carbocycles. The summed E-state index contributed by atoms with van der Waals surface area (Å²) in [7, 11) is 2.02. The lowest BCUT2D eigenvalue weighted by atomic mass is 9.92. The molecule has 4 heterocycles. The van der Waals surface area contributed by atoms with Gasteiger partial charge in [0.2, 0.25) is 5.91 Å². The van der Waals surface area contributed by atoms with Crippen molar-refractivity contribution in [1.29, 1.82) is 0 Å². The first-order valence-electron chi connectivity index (χ1n) is 12.0. The number of benzene rings is 1. The fraction of sp³-hybridized carbons (Fsp3) is 0.583. The molecule has 0 radical (unpaired) electrons. The normalized spacial score (nSPS) is 19.9. The number of piperidine rings is 2. The van der Waals surface area contributed by atoms with E-state index in [0.717, 1.165) is 79.7 Å². The maximum absolute atomic E-state index is 13.0. The van der Waals surface area contributed by atoms with Gasteiger partial charge in [-0.3, -0.25) is 9.89 Å². The van der Waals surface area contributed by atoms with E-state index in [1.165, 1.54) is 0 Å². The second-order valence-electron chi connectivity index (χ2n) is 9.72. The minimum Gasteiger partial charge on any atom is -0.341 e. The van der Waals surface area contributed by atoms with E-state index in [1.807, 2.05) is 22.7 Å². The largest absolute Gasteiger partial charge is 0.341 e. The van der Waals surface area contributed by atoms with Gasteiger partial charge in [-0.25, -0.2) is 0 Å². The van der Waals surface area contributed by atoms with Crippen LogP contribution in [0.2, 0.25) is 0 Å². The molecule has 1 atom stereocenters. The van der Waals surface area contributed by atoms with Crippen molar-refractivity contribution in [2.24, 2.45) is 12.8 Å². The van der Waals surface area contributed by atoms with Gasteiger partial charge in [-0.05, 0) is 69.3 Å². The van der Waals surface area contributed by atoms with Crippen LogP contribution < -0.4 is 5.73 Å². The van der Waals surface area contributed by atoms with Crippen molar-refractivity contribution in [3.8, 4) is 0 Å². The number of aromatic nitrogens is 5. The molecule has 176 valence electrons. The summed E-state index contributed by atoms with van der Waals surface area (Å²) in [5.41, 5.74) is 9.62. The van der Waals surface area contributed by atoms with Gasteiger partial charge >= 0.3 is 0 Å². The van der Waals surface area contributed by atoms with Crippen molar-refractivity contribution in [3.63, 3.8) is 0 Å². The first-order valence-corrected chi connectivity index (χ1v) is 12.0. The van der Waals surface area contributed by atoms with Crippen molar-refractivity contribution in [3.05, 3.63) is 41.6 Å². The molecule has 9 heteroatoms. The van der Waals surface area contributed by atoms with Gasteiger partial charge in [0.1, 0.15) is 12.2 Å². The lowest BCUT2D eigenvalue weighted by Crippen LogP contribution is -2.52. The molecular weight excluding hydrogens is 416 g/mol. The molecule has 33 heavy (non-hydrogen) atoms. The fourth-order valence-electron chi connectivity index (χ4n) is 5.64. The van der Waals surface area contributed by atoms with Gasteiger partial charge in [0.15, 0.2) is 0 Å². The highest BCUT2D eigenvalue weighted by atomic mass is 16.2. The predicted molar refractivity (Wildman–Crippen MR) is 127 cm³/mol. The molecule has 5 rings (SSSR count). The van der Waals surface area contributed by atoms with E-state index in [0.29, 0.717) is 18.4 Å². The van der Waals surface area contributed by atoms with Gasteiger partial charge in [-0.15, -0.1) is 10.2 Å². The molecule has 0 saturated carbocycles. The molecule has 0 bridgehead atoms. The van der Waals surface area contributed by atoms with Gasteiger partial charge < -0.3 is 20.1 Å². The topological polar surface area (TPSA) is 109 Å². The van der Waals surface area contributed by atoms with Gasteiger partial charge in [-0.1, -0.05) is 6.07 Å². The van der Waals surface area contributed by atoms with E-state index in [1.54, 1.807) is 6.33 Å². The summed E-state index contributed by atoms with van der Waals surface area (Å²) in [4.78, 5) is 17.6. The summed E-state index contributed by atoms with van der Waals surface area (Å²) in [5.74, 6) is 1.67. The highest BCUT2D eigenvalue weighted by Crippen LogP contribution is 2.29. The van der Waals surface area contributed by atoms with Crippen molar-refractivity contribution < 1.29 is 4.79 Å². The van der Waals surface area contributed by atoms with Gasteiger partial charge in [0, 0.05) is 37.5 Å². The number of H-pyrrole nitrogens is 1. The standard InChI is InChI=1S/C24H34N8O/c1-16-11-17(12-19-14-26-28-22(16)19)13-21(25)24(33)32-9-5-20(6-10-32)31-7-3-18(4-8-31)23-29-27-15-30(23)2/h11-12,14-15,18,20-21H,3-10,13,25H2,1-2H3,(H,26,28). The van der Waals surface area contributed by atoms with Crippen molar-refractivity contribution >= 4 is 16.8 Å². The van der Waals surface area contributed by atoms with Crippen LogP contribution in [0.5, 0.6) is 0 Å².